The molecular formula is C24H31Cl2NO4S. The highest BCUT2D eigenvalue weighted by Crippen LogP contribution is 2.40. The first-order valence-electron chi connectivity index (χ1n) is 10.6. The third kappa shape index (κ3) is 7.77. The van der Waals surface area contributed by atoms with Crippen molar-refractivity contribution in [3.05, 3.63) is 63.1 Å². The Morgan fingerprint density at radius 3 is 2.19 bits per heavy atom. The molecule has 0 bridgehead atoms. The van der Waals surface area contributed by atoms with Crippen LogP contribution in [0.4, 0.5) is 0 Å². The number of ketones is 1. The maximum atomic E-state index is 11.9. The summed E-state index contributed by atoms with van der Waals surface area (Å²) in [5.41, 5.74) is 2.72. The van der Waals surface area contributed by atoms with E-state index in [0.29, 0.717) is 28.8 Å². The summed E-state index contributed by atoms with van der Waals surface area (Å²) in [5, 5.41) is 0.990. The molecule has 2 aromatic carbocycles. The lowest BCUT2D eigenvalue weighted by Crippen LogP contribution is -2.28. The minimum Gasteiger partial charge on any atom is -0.490 e. The van der Waals surface area contributed by atoms with Crippen LogP contribution in [-0.2, 0) is 26.7 Å². The highest BCUT2D eigenvalue weighted by Gasteiger charge is 2.25. The average molecular weight is 500 g/mol. The number of hydrogen-bond acceptors (Lipinski definition) is 4. The molecule has 32 heavy (non-hydrogen) atoms. The Morgan fingerprint density at radius 1 is 1.06 bits per heavy atom. The van der Waals surface area contributed by atoms with Gasteiger partial charge in [-0.25, -0.2) is 13.1 Å². The summed E-state index contributed by atoms with van der Waals surface area (Å²) in [7, 11) is -3.36. The molecule has 0 saturated heterocycles. The molecule has 0 radical (unpaired) electrons. The zero-order valence-corrected chi connectivity index (χ0v) is 21.3. The normalized spacial score (nSPS) is 12.1. The third-order valence-corrected chi connectivity index (χ3v) is 6.59. The summed E-state index contributed by atoms with van der Waals surface area (Å²) in [5.74, 6) is 0.372. The van der Waals surface area contributed by atoms with Gasteiger partial charge in [-0.05, 0) is 41.7 Å². The average Bonchev–Trinajstić information content (AvgIpc) is 2.72. The molecule has 0 aliphatic rings. The molecule has 0 fully saturated rings. The van der Waals surface area contributed by atoms with Crippen LogP contribution in [0.2, 0.25) is 10.0 Å². The van der Waals surface area contributed by atoms with Gasteiger partial charge in [-0.3, -0.25) is 4.79 Å². The van der Waals surface area contributed by atoms with E-state index in [0.717, 1.165) is 35.8 Å². The van der Waals surface area contributed by atoms with Gasteiger partial charge in [0.05, 0.1) is 29.5 Å². The number of halogens is 2. The standard InChI is InChI=1S/C24H31Cl2NO4S/c1-5-6-13-31-23-21(25)14-19(15-22(23)26)24(2,3)18-10-7-17(8-11-18)9-12-20(28)16-27-32(4,29)30/h7-8,10-11,14-15,27H,5-6,9,12-13,16H2,1-4H3. The monoisotopic (exact) mass is 499 g/mol. The molecule has 5 nitrogen and oxygen atoms in total. The zero-order valence-electron chi connectivity index (χ0n) is 19.0. The van der Waals surface area contributed by atoms with E-state index < -0.39 is 10.0 Å². The van der Waals surface area contributed by atoms with Gasteiger partial charge in [0.25, 0.3) is 0 Å². The van der Waals surface area contributed by atoms with Gasteiger partial charge in [0.1, 0.15) is 5.78 Å². The van der Waals surface area contributed by atoms with Crippen LogP contribution in [0.25, 0.3) is 0 Å². The lowest BCUT2D eigenvalue weighted by Gasteiger charge is -2.27. The maximum absolute atomic E-state index is 11.9. The Balaban J connectivity index is 2.08. The number of unbranched alkanes of at least 4 members (excludes halogenated alkanes) is 1. The first-order chi connectivity index (χ1) is 14.9. The van der Waals surface area contributed by atoms with E-state index in [4.69, 9.17) is 27.9 Å². The van der Waals surface area contributed by atoms with E-state index in [2.05, 4.69) is 25.5 Å². The molecular weight excluding hydrogens is 469 g/mol. The molecule has 1 N–H and O–H groups in total. The second-order valence-electron chi connectivity index (χ2n) is 8.42. The largest absolute Gasteiger partial charge is 0.490 e. The maximum Gasteiger partial charge on any atom is 0.209 e. The van der Waals surface area contributed by atoms with Crippen molar-refractivity contribution in [3.8, 4) is 5.75 Å². The van der Waals surface area contributed by atoms with Gasteiger partial charge in [0.15, 0.2) is 5.75 Å². The first-order valence-corrected chi connectivity index (χ1v) is 13.3. The summed E-state index contributed by atoms with van der Waals surface area (Å²) in [6.45, 7) is 6.69. The Labute approximate surface area is 201 Å². The topological polar surface area (TPSA) is 72.5 Å². The SMILES string of the molecule is CCCCOc1c(Cl)cc(C(C)(C)c2ccc(CCC(=O)CNS(C)(=O)=O)cc2)cc1Cl. The molecule has 0 unspecified atom stereocenters. The molecule has 0 aliphatic heterocycles. The van der Waals surface area contributed by atoms with Crippen LogP contribution in [0.15, 0.2) is 36.4 Å². The van der Waals surface area contributed by atoms with E-state index in [1.807, 2.05) is 36.4 Å². The number of hydrogen-bond donors (Lipinski definition) is 1. The molecule has 0 amide bonds. The second-order valence-corrected chi connectivity index (χ2v) is 11.1. The number of nitrogens with one attached hydrogen (secondary N) is 1. The summed E-state index contributed by atoms with van der Waals surface area (Å²) < 4.78 is 30.2. The summed E-state index contributed by atoms with van der Waals surface area (Å²) in [6.07, 6.45) is 3.82. The molecule has 8 heteroatoms. The first kappa shape index (κ1) is 26.7. The lowest BCUT2D eigenvalue weighted by atomic mass is 9.78. The summed E-state index contributed by atoms with van der Waals surface area (Å²) >= 11 is 12.9. The van der Waals surface area contributed by atoms with Crippen molar-refractivity contribution in [2.75, 3.05) is 19.4 Å². The van der Waals surface area contributed by atoms with Crippen LogP contribution in [0, 0.1) is 0 Å². The van der Waals surface area contributed by atoms with Crippen molar-refractivity contribution < 1.29 is 17.9 Å². The zero-order chi connectivity index (χ0) is 23.9. The number of rotatable bonds is 12. The van der Waals surface area contributed by atoms with Crippen LogP contribution in [0.5, 0.6) is 5.75 Å². The summed E-state index contributed by atoms with van der Waals surface area (Å²) in [4.78, 5) is 11.9. The minimum absolute atomic E-state index is 0.148. The second kappa shape index (κ2) is 11.5. The van der Waals surface area contributed by atoms with Crippen molar-refractivity contribution in [3.63, 3.8) is 0 Å². The molecule has 0 aromatic heterocycles. The van der Waals surface area contributed by atoms with Gasteiger partial charge in [0, 0.05) is 11.8 Å². The predicted molar refractivity (Wildman–Crippen MR) is 132 cm³/mol. The number of sulfonamides is 1. The fraction of sp³-hybridized carbons (Fsp3) is 0.458. The number of benzene rings is 2. The lowest BCUT2D eigenvalue weighted by molar-refractivity contribution is -0.117. The van der Waals surface area contributed by atoms with E-state index >= 15 is 0 Å². The van der Waals surface area contributed by atoms with Crippen molar-refractivity contribution in [1.29, 1.82) is 0 Å². The number of carbonyl (C=O) groups excluding carboxylic acids is 1. The Kier molecular flexibility index (Phi) is 9.58. The number of aryl methyl sites for hydroxylation is 1. The fourth-order valence-electron chi connectivity index (χ4n) is 3.22. The van der Waals surface area contributed by atoms with Crippen LogP contribution < -0.4 is 9.46 Å². The highest BCUT2D eigenvalue weighted by atomic mass is 35.5. The fourth-order valence-corrected chi connectivity index (χ4v) is 4.24. The number of carbonyl (C=O) groups is 1. The molecule has 2 aromatic rings. The number of ether oxygens (including phenoxy) is 1. The van der Waals surface area contributed by atoms with Gasteiger partial charge >= 0.3 is 0 Å². The Morgan fingerprint density at radius 2 is 1.66 bits per heavy atom. The van der Waals surface area contributed by atoms with Gasteiger partial charge in [-0.1, -0.05) is 74.7 Å². The Hall–Kier alpha value is -1.60. The summed E-state index contributed by atoms with van der Waals surface area (Å²) in [6, 6.07) is 11.8. The molecule has 0 saturated carbocycles. The van der Waals surface area contributed by atoms with Crippen LogP contribution >= 0.6 is 23.2 Å². The Bertz CT molecular complexity index is 1010. The van der Waals surface area contributed by atoms with E-state index in [9.17, 15) is 13.2 Å². The van der Waals surface area contributed by atoms with E-state index in [1.165, 1.54) is 0 Å². The smallest absolute Gasteiger partial charge is 0.209 e. The molecule has 176 valence electrons. The van der Waals surface area contributed by atoms with Gasteiger partial charge in [0.2, 0.25) is 10.0 Å². The van der Waals surface area contributed by atoms with Gasteiger partial charge in [-0.15, -0.1) is 0 Å². The predicted octanol–water partition coefficient (Wildman–Crippen LogP) is 5.55. The van der Waals surface area contributed by atoms with Crippen molar-refractivity contribution >= 4 is 39.0 Å². The van der Waals surface area contributed by atoms with Crippen LogP contribution in [0.3, 0.4) is 0 Å². The highest BCUT2D eigenvalue weighted by molar-refractivity contribution is 7.88. The van der Waals surface area contributed by atoms with Gasteiger partial charge < -0.3 is 4.74 Å². The molecule has 0 spiro atoms. The van der Waals surface area contributed by atoms with E-state index in [1.54, 1.807) is 0 Å². The van der Waals surface area contributed by atoms with Crippen molar-refractivity contribution in [2.45, 2.75) is 51.9 Å². The molecule has 2 rings (SSSR count). The number of Topliss-reactive ketones (excluding diaryl/α,β-unsaturated/α-hetero) is 1. The van der Waals surface area contributed by atoms with Crippen molar-refractivity contribution in [1.82, 2.24) is 4.72 Å². The minimum atomic E-state index is -3.36. The van der Waals surface area contributed by atoms with Crippen molar-refractivity contribution in [2.24, 2.45) is 0 Å². The van der Waals surface area contributed by atoms with Gasteiger partial charge in [-0.2, -0.15) is 0 Å². The molecule has 0 atom stereocenters. The quantitative estimate of drug-likeness (QED) is 0.388. The molecule has 0 aliphatic carbocycles. The van der Waals surface area contributed by atoms with Crippen LogP contribution in [0.1, 0.15) is 56.7 Å². The van der Waals surface area contributed by atoms with E-state index in [-0.39, 0.29) is 24.2 Å². The third-order valence-electron chi connectivity index (χ3n) is 5.36. The van der Waals surface area contributed by atoms with Crippen LogP contribution in [-0.4, -0.2) is 33.6 Å². The molecule has 0 heterocycles.